The van der Waals surface area contributed by atoms with Gasteiger partial charge in [0.1, 0.15) is 0 Å². The zero-order chi connectivity index (χ0) is 13.4. The zero-order valence-corrected chi connectivity index (χ0v) is 11.0. The summed E-state index contributed by atoms with van der Waals surface area (Å²) in [6.45, 7) is 1.45. The summed E-state index contributed by atoms with van der Waals surface area (Å²) in [6, 6.07) is 8.05. The number of amides is 1. The van der Waals surface area contributed by atoms with Crippen molar-refractivity contribution in [2.24, 2.45) is 12.8 Å². The lowest BCUT2D eigenvalue weighted by atomic mass is 10.1. The second kappa shape index (κ2) is 4.66. The third-order valence-electron chi connectivity index (χ3n) is 3.79. The number of benzene rings is 1. The number of aryl methyl sites for hydroxylation is 1. The standard InChI is InChI=1S/C14H18N4O/c1-17-12-5-3-2-4-11(12)13(16-17)14(19)18-8-6-10(15)7-9-18/h2-5,10H,6-9,15H2,1H3. The normalized spacial score (nSPS) is 17.1. The maximum absolute atomic E-state index is 12.5. The van der Waals surface area contributed by atoms with E-state index in [0.29, 0.717) is 5.69 Å². The average Bonchev–Trinajstić information content (AvgIpc) is 2.77. The predicted molar refractivity (Wildman–Crippen MR) is 73.8 cm³/mol. The smallest absolute Gasteiger partial charge is 0.275 e. The molecule has 0 bridgehead atoms. The first-order chi connectivity index (χ1) is 9.16. The van der Waals surface area contributed by atoms with E-state index in [4.69, 9.17) is 5.73 Å². The number of rotatable bonds is 1. The molecular formula is C14H18N4O. The molecule has 2 heterocycles. The largest absolute Gasteiger partial charge is 0.337 e. The first kappa shape index (κ1) is 12.2. The molecule has 1 aliphatic heterocycles. The maximum atomic E-state index is 12.5. The van der Waals surface area contributed by atoms with Gasteiger partial charge in [0.15, 0.2) is 5.69 Å². The second-order valence-corrected chi connectivity index (χ2v) is 5.12. The van der Waals surface area contributed by atoms with Crippen molar-refractivity contribution >= 4 is 16.8 Å². The first-order valence-corrected chi connectivity index (χ1v) is 6.63. The van der Waals surface area contributed by atoms with Crippen LogP contribution in [-0.2, 0) is 7.05 Å². The highest BCUT2D eigenvalue weighted by atomic mass is 16.2. The Bertz CT molecular complexity index is 611. The van der Waals surface area contributed by atoms with Gasteiger partial charge < -0.3 is 10.6 Å². The van der Waals surface area contributed by atoms with Crippen LogP contribution in [0, 0.1) is 0 Å². The minimum atomic E-state index is 0.0173. The van der Waals surface area contributed by atoms with Crippen LogP contribution in [0.5, 0.6) is 0 Å². The molecule has 5 heteroatoms. The van der Waals surface area contributed by atoms with Crippen molar-refractivity contribution < 1.29 is 4.79 Å². The SMILES string of the molecule is Cn1nc(C(=O)N2CCC(N)CC2)c2ccccc21. The summed E-state index contributed by atoms with van der Waals surface area (Å²) in [4.78, 5) is 14.4. The first-order valence-electron chi connectivity index (χ1n) is 6.63. The van der Waals surface area contributed by atoms with Crippen molar-refractivity contribution in [3.63, 3.8) is 0 Å². The number of carbonyl (C=O) groups is 1. The van der Waals surface area contributed by atoms with Crippen molar-refractivity contribution in [1.82, 2.24) is 14.7 Å². The van der Waals surface area contributed by atoms with Crippen LogP contribution in [0.15, 0.2) is 24.3 Å². The molecule has 1 aromatic heterocycles. The van der Waals surface area contributed by atoms with Gasteiger partial charge in [0.05, 0.1) is 5.52 Å². The van der Waals surface area contributed by atoms with Crippen LogP contribution in [0.2, 0.25) is 0 Å². The molecule has 1 fully saturated rings. The molecule has 2 aromatic rings. The summed E-state index contributed by atoms with van der Waals surface area (Å²) in [7, 11) is 1.87. The number of hydrogen-bond donors (Lipinski definition) is 1. The molecule has 0 unspecified atom stereocenters. The van der Waals surface area contributed by atoms with Crippen LogP contribution in [0.4, 0.5) is 0 Å². The topological polar surface area (TPSA) is 64.2 Å². The van der Waals surface area contributed by atoms with E-state index in [9.17, 15) is 4.79 Å². The number of piperidine rings is 1. The van der Waals surface area contributed by atoms with Crippen molar-refractivity contribution in [1.29, 1.82) is 0 Å². The molecule has 19 heavy (non-hydrogen) atoms. The second-order valence-electron chi connectivity index (χ2n) is 5.12. The van der Waals surface area contributed by atoms with E-state index in [2.05, 4.69) is 5.10 Å². The Balaban J connectivity index is 1.94. The molecule has 0 aliphatic carbocycles. The van der Waals surface area contributed by atoms with E-state index in [1.54, 1.807) is 4.68 Å². The Morgan fingerprint density at radius 3 is 2.74 bits per heavy atom. The molecule has 1 amide bonds. The molecule has 1 saturated heterocycles. The Kier molecular flexibility index (Phi) is 2.98. The van der Waals surface area contributed by atoms with Crippen LogP contribution in [0.3, 0.4) is 0 Å². The molecule has 2 N–H and O–H groups in total. The molecule has 5 nitrogen and oxygen atoms in total. The Hall–Kier alpha value is -1.88. The summed E-state index contributed by atoms with van der Waals surface area (Å²) < 4.78 is 1.76. The van der Waals surface area contributed by atoms with E-state index in [0.717, 1.165) is 36.8 Å². The Morgan fingerprint density at radius 2 is 2.00 bits per heavy atom. The molecule has 3 rings (SSSR count). The van der Waals surface area contributed by atoms with Gasteiger partial charge in [-0.05, 0) is 18.9 Å². The third-order valence-corrected chi connectivity index (χ3v) is 3.79. The summed E-state index contributed by atoms with van der Waals surface area (Å²) in [5, 5.41) is 5.30. The Labute approximate surface area is 112 Å². The minimum Gasteiger partial charge on any atom is -0.337 e. The van der Waals surface area contributed by atoms with Crippen molar-refractivity contribution in [2.45, 2.75) is 18.9 Å². The maximum Gasteiger partial charge on any atom is 0.275 e. The van der Waals surface area contributed by atoms with Crippen molar-refractivity contribution in [2.75, 3.05) is 13.1 Å². The van der Waals surface area contributed by atoms with Gasteiger partial charge in [0.25, 0.3) is 5.91 Å². The van der Waals surface area contributed by atoms with Crippen LogP contribution in [0.1, 0.15) is 23.3 Å². The number of para-hydroxylation sites is 1. The fourth-order valence-corrected chi connectivity index (χ4v) is 2.62. The number of nitrogens with two attached hydrogens (primary N) is 1. The van der Waals surface area contributed by atoms with Gasteiger partial charge in [-0.2, -0.15) is 5.10 Å². The molecule has 1 aliphatic rings. The van der Waals surface area contributed by atoms with E-state index >= 15 is 0 Å². The number of hydrogen-bond acceptors (Lipinski definition) is 3. The van der Waals surface area contributed by atoms with Crippen molar-refractivity contribution in [3.05, 3.63) is 30.0 Å². The lowest BCUT2D eigenvalue weighted by Crippen LogP contribution is -2.43. The fourth-order valence-electron chi connectivity index (χ4n) is 2.62. The van der Waals surface area contributed by atoms with E-state index in [1.165, 1.54) is 0 Å². The highest BCUT2D eigenvalue weighted by Crippen LogP contribution is 2.20. The molecule has 0 spiro atoms. The molecular weight excluding hydrogens is 240 g/mol. The van der Waals surface area contributed by atoms with Gasteiger partial charge in [-0.3, -0.25) is 9.48 Å². The lowest BCUT2D eigenvalue weighted by Gasteiger charge is -2.29. The summed E-state index contributed by atoms with van der Waals surface area (Å²) in [5.41, 5.74) is 7.41. The summed E-state index contributed by atoms with van der Waals surface area (Å²) in [6.07, 6.45) is 1.74. The van der Waals surface area contributed by atoms with Crippen LogP contribution < -0.4 is 5.73 Å². The van der Waals surface area contributed by atoms with Crippen molar-refractivity contribution in [3.8, 4) is 0 Å². The molecule has 0 saturated carbocycles. The monoisotopic (exact) mass is 258 g/mol. The van der Waals surface area contributed by atoms with E-state index in [-0.39, 0.29) is 11.9 Å². The average molecular weight is 258 g/mol. The highest BCUT2D eigenvalue weighted by Gasteiger charge is 2.25. The zero-order valence-electron chi connectivity index (χ0n) is 11.0. The number of nitrogens with zero attached hydrogens (tertiary/aromatic N) is 3. The van der Waals surface area contributed by atoms with Gasteiger partial charge >= 0.3 is 0 Å². The van der Waals surface area contributed by atoms with Gasteiger partial charge in [-0.25, -0.2) is 0 Å². The van der Waals surface area contributed by atoms with Crippen LogP contribution in [-0.4, -0.2) is 39.7 Å². The molecule has 100 valence electrons. The third kappa shape index (κ3) is 2.10. The van der Waals surface area contributed by atoms with Gasteiger partial charge in [-0.1, -0.05) is 18.2 Å². The number of aromatic nitrogens is 2. The highest BCUT2D eigenvalue weighted by molar-refractivity contribution is 6.04. The van der Waals surface area contributed by atoms with E-state index in [1.807, 2.05) is 36.2 Å². The Morgan fingerprint density at radius 1 is 1.32 bits per heavy atom. The summed E-state index contributed by atoms with van der Waals surface area (Å²) in [5.74, 6) is 0.0173. The quantitative estimate of drug-likeness (QED) is 0.834. The summed E-state index contributed by atoms with van der Waals surface area (Å²) >= 11 is 0. The number of likely N-dealkylation sites (tertiary alicyclic amines) is 1. The van der Waals surface area contributed by atoms with Crippen LogP contribution in [0.25, 0.3) is 10.9 Å². The van der Waals surface area contributed by atoms with Crippen LogP contribution >= 0.6 is 0 Å². The molecule has 0 radical (unpaired) electrons. The number of fused-ring (bicyclic) bond motifs is 1. The van der Waals surface area contributed by atoms with Gasteiger partial charge in [0, 0.05) is 31.6 Å². The van der Waals surface area contributed by atoms with Gasteiger partial charge in [-0.15, -0.1) is 0 Å². The lowest BCUT2D eigenvalue weighted by molar-refractivity contribution is 0.0710. The number of carbonyl (C=O) groups excluding carboxylic acids is 1. The molecule has 1 aromatic carbocycles. The predicted octanol–water partition coefficient (Wildman–Crippen LogP) is 1.14. The van der Waals surface area contributed by atoms with Gasteiger partial charge in [0.2, 0.25) is 0 Å². The minimum absolute atomic E-state index is 0.0173. The van der Waals surface area contributed by atoms with E-state index < -0.39 is 0 Å². The molecule has 0 atom stereocenters. The fraction of sp³-hybridized carbons (Fsp3) is 0.429.